The molecule has 6 heteroatoms. The number of carbonyl (C=O) groups is 1. The minimum atomic E-state index is -0.606. The summed E-state index contributed by atoms with van der Waals surface area (Å²) < 4.78 is 24.7. The first-order chi connectivity index (χ1) is 13.6. The number of para-hydroxylation sites is 1. The van der Waals surface area contributed by atoms with Gasteiger partial charge in [-0.25, -0.2) is 4.39 Å². The van der Waals surface area contributed by atoms with Crippen molar-refractivity contribution >= 4 is 16.9 Å². The van der Waals surface area contributed by atoms with Gasteiger partial charge in [-0.05, 0) is 43.2 Å². The van der Waals surface area contributed by atoms with Gasteiger partial charge in [0.1, 0.15) is 11.4 Å². The van der Waals surface area contributed by atoms with Crippen molar-refractivity contribution in [2.24, 2.45) is 0 Å². The number of rotatable bonds is 6. The molecule has 0 radical (unpaired) electrons. The number of benzene rings is 2. The van der Waals surface area contributed by atoms with E-state index in [-0.39, 0.29) is 22.9 Å². The number of carbonyl (C=O) groups excluding carboxylic acids is 1. The topological polar surface area (TPSA) is 59.8 Å². The molecular weight excluding hydrogens is 361 g/mol. The molecule has 0 saturated heterocycles. The fourth-order valence-corrected chi connectivity index (χ4v) is 3.67. The quantitative estimate of drug-likeness (QED) is 0.608. The van der Waals surface area contributed by atoms with Gasteiger partial charge in [0.25, 0.3) is 5.91 Å². The van der Waals surface area contributed by atoms with Gasteiger partial charge in [0.05, 0.1) is 17.0 Å². The molecule has 28 heavy (non-hydrogen) atoms. The monoisotopic (exact) mass is 381 g/mol. The Kier molecular flexibility index (Phi) is 4.96. The summed E-state index contributed by atoms with van der Waals surface area (Å²) in [6, 6.07) is 12.1. The van der Waals surface area contributed by atoms with Gasteiger partial charge in [-0.15, -0.1) is 0 Å². The van der Waals surface area contributed by atoms with Gasteiger partial charge in [-0.1, -0.05) is 24.3 Å². The summed E-state index contributed by atoms with van der Waals surface area (Å²) in [5, 5.41) is 0.428. The number of halogens is 1. The molecule has 1 aliphatic rings. The number of amides is 1. The molecule has 1 atom stereocenters. The Morgan fingerprint density at radius 2 is 1.86 bits per heavy atom. The SMILES string of the molecule is CCOCCCN1C(=O)c2oc3ccccc3c(=O)c2C1c1ccc(F)cc1. The van der Waals surface area contributed by atoms with Crippen LogP contribution in [0.5, 0.6) is 0 Å². The number of fused-ring (bicyclic) bond motifs is 2. The van der Waals surface area contributed by atoms with E-state index in [1.165, 1.54) is 12.1 Å². The van der Waals surface area contributed by atoms with Gasteiger partial charge in [0.15, 0.2) is 5.43 Å². The average Bonchev–Trinajstić information content (AvgIpc) is 2.98. The summed E-state index contributed by atoms with van der Waals surface area (Å²) in [6.07, 6.45) is 0.624. The maximum absolute atomic E-state index is 13.4. The predicted octanol–water partition coefficient (Wildman–Crippen LogP) is 3.90. The van der Waals surface area contributed by atoms with Crippen LogP contribution >= 0.6 is 0 Å². The van der Waals surface area contributed by atoms with E-state index in [1.54, 1.807) is 41.3 Å². The largest absolute Gasteiger partial charge is 0.450 e. The van der Waals surface area contributed by atoms with Crippen molar-refractivity contribution in [3.8, 4) is 0 Å². The van der Waals surface area contributed by atoms with Crippen molar-refractivity contribution in [2.75, 3.05) is 19.8 Å². The highest BCUT2D eigenvalue weighted by Gasteiger charge is 2.42. The molecule has 0 aliphatic carbocycles. The molecule has 0 bridgehead atoms. The molecule has 1 unspecified atom stereocenters. The van der Waals surface area contributed by atoms with Crippen LogP contribution in [0.15, 0.2) is 57.7 Å². The van der Waals surface area contributed by atoms with Crippen molar-refractivity contribution in [2.45, 2.75) is 19.4 Å². The first-order valence-electron chi connectivity index (χ1n) is 9.31. The molecule has 0 spiro atoms. The van der Waals surface area contributed by atoms with E-state index in [0.717, 1.165) is 0 Å². The van der Waals surface area contributed by atoms with Crippen molar-refractivity contribution in [1.29, 1.82) is 0 Å². The maximum atomic E-state index is 13.4. The molecule has 5 nitrogen and oxygen atoms in total. The van der Waals surface area contributed by atoms with Crippen LogP contribution in [-0.4, -0.2) is 30.6 Å². The van der Waals surface area contributed by atoms with Crippen LogP contribution in [0.2, 0.25) is 0 Å². The zero-order valence-corrected chi connectivity index (χ0v) is 15.5. The molecule has 0 fully saturated rings. The summed E-state index contributed by atoms with van der Waals surface area (Å²) in [5.41, 5.74) is 1.14. The van der Waals surface area contributed by atoms with E-state index < -0.39 is 6.04 Å². The highest BCUT2D eigenvalue weighted by Crippen LogP contribution is 2.38. The molecule has 0 N–H and O–H groups in total. The van der Waals surface area contributed by atoms with Gasteiger partial charge < -0.3 is 14.1 Å². The van der Waals surface area contributed by atoms with E-state index in [4.69, 9.17) is 9.15 Å². The zero-order valence-electron chi connectivity index (χ0n) is 15.5. The molecule has 2 aromatic carbocycles. The lowest BCUT2D eigenvalue weighted by Gasteiger charge is -2.25. The van der Waals surface area contributed by atoms with Crippen LogP contribution in [0.4, 0.5) is 4.39 Å². The number of hydrogen-bond acceptors (Lipinski definition) is 4. The van der Waals surface area contributed by atoms with Gasteiger partial charge in [-0.2, -0.15) is 0 Å². The summed E-state index contributed by atoms with van der Waals surface area (Å²) >= 11 is 0. The second-order valence-corrected chi connectivity index (χ2v) is 6.67. The third-order valence-corrected chi connectivity index (χ3v) is 4.95. The lowest BCUT2D eigenvalue weighted by atomic mass is 9.98. The van der Waals surface area contributed by atoms with Crippen LogP contribution in [-0.2, 0) is 4.74 Å². The first-order valence-corrected chi connectivity index (χ1v) is 9.31. The smallest absolute Gasteiger partial charge is 0.290 e. The minimum absolute atomic E-state index is 0.0643. The van der Waals surface area contributed by atoms with Crippen molar-refractivity contribution in [3.05, 3.63) is 81.5 Å². The Morgan fingerprint density at radius 1 is 1.11 bits per heavy atom. The Labute approximate surface area is 161 Å². The summed E-state index contributed by atoms with van der Waals surface area (Å²) in [7, 11) is 0. The van der Waals surface area contributed by atoms with E-state index in [1.807, 2.05) is 6.92 Å². The minimum Gasteiger partial charge on any atom is -0.450 e. The average molecular weight is 381 g/mol. The Bertz CT molecular complexity index is 1070. The van der Waals surface area contributed by atoms with E-state index in [9.17, 15) is 14.0 Å². The zero-order chi connectivity index (χ0) is 19.7. The normalized spacial score (nSPS) is 16.0. The fourth-order valence-electron chi connectivity index (χ4n) is 3.67. The molecule has 0 saturated carbocycles. The molecule has 3 aromatic rings. The number of nitrogens with zero attached hydrogens (tertiary/aromatic N) is 1. The van der Waals surface area contributed by atoms with Crippen molar-refractivity contribution in [1.82, 2.24) is 4.90 Å². The second kappa shape index (κ2) is 7.56. The highest BCUT2D eigenvalue weighted by atomic mass is 19.1. The number of ether oxygens (including phenoxy) is 1. The Morgan fingerprint density at radius 3 is 2.61 bits per heavy atom. The summed E-state index contributed by atoms with van der Waals surface area (Å²) in [4.78, 5) is 27.9. The molecule has 2 heterocycles. The third kappa shape index (κ3) is 3.10. The molecule has 144 valence electrons. The van der Waals surface area contributed by atoms with E-state index in [2.05, 4.69) is 0 Å². The van der Waals surface area contributed by atoms with E-state index >= 15 is 0 Å². The molecule has 1 amide bonds. The van der Waals surface area contributed by atoms with Crippen LogP contribution in [0.1, 0.15) is 41.1 Å². The van der Waals surface area contributed by atoms with Crippen molar-refractivity contribution in [3.63, 3.8) is 0 Å². The van der Waals surface area contributed by atoms with Crippen LogP contribution in [0.3, 0.4) is 0 Å². The molecule has 1 aliphatic heterocycles. The Hall–Kier alpha value is -2.99. The molecule has 1 aromatic heterocycles. The third-order valence-electron chi connectivity index (χ3n) is 4.95. The van der Waals surface area contributed by atoms with Crippen LogP contribution in [0, 0.1) is 5.82 Å². The Balaban J connectivity index is 1.84. The predicted molar refractivity (Wildman–Crippen MR) is 103 cm³/mol. The van der Waals surface area contributed by atoms with Crippen LogP contribution in [0.25, 0.3) is 11.0 Å². The van der Waals surface area contributed by atoms with Gasteiger partial charge in [-0.3, -0.25) is 9.59 Å². The fraction of sp³-hybridized carbons (Fsp3) is 0.273. The molecular formula is C22H20FNO4. The van der Waals surface area contributed by atoms with E-state index in [0.29, 0.717) is 48.3 Å². The summed E-state index contributed by atoms with van der Waals surface area (Å²) in [5.74, 6) is -0.639. The lowest BCUT2D eigenvalue weighted by molar-refractivity contribution is 0.0696. The molecule has 4 rings (SSSR count). The standard InChI is InChI=1S/C22H20FNO4/c1-2-27-13-5-12-24-19(14-8-10-15(23)11-9-14)18-20(25)16-6-3-4-7-17(16)28-21(18)22(24)26/h3-4,6-11,19H,2,5,12-13H2,1H3. The maximum Gasteiger partial charge on any atom is 0.290 e. The number of hydrogen-bond donors (Lipinski definition) is 0. The summed E-state index contributed by atoms with van der Waals surface area (Å²) in [6.45, 7) is 3.42. The lowest BCUT2D eigenvalue weighted by Crippen LogP contribution is -2.31. The first kappa shape index (κ1) is 18.4. The van der Waals surface area contributed by atoms with Gasteiger partial charge >= 0.3 is 0 Å². The highest BCUT2D eigenvalue weighted by molar-refractivity contribution is 5.99. The van der Waals surface area contributed by atoms with Crippen LogP contribution < -0.4 is 5.43 Å². The van der Waals surface area contributed by atoms with Gasteiger partial charge in [0.2, 0.25) is 5.76 Å². The van der Waals surface area contributed by atoms with Crippen molar-refractivity contribution < 1.29 is 18.3 Å². The second-order valence-electron chi connectivity index (χ2n) is 6.67. The van der Waals surface area contributed by atoms with Gasteiger partial charge in [0, 0.05) is 19.8 Å².